The monoisotopic (exact) mass is 365 g/mol. The lowest BCUT2D eigenvalue weighted by Gasteiger charge is -2.32. The number of halogens is 1. The molecule has 22 heavy (non-hydrogen) atoms. The zero-order valence-corrected chi connectivity index (χ0v) is 15.6. The van der Waals surface area contributed by atoms with E-state index < -0.39 is 0 Å². The Bertz CT molecular complexity index is 540. The smallest absolute Gasteiger partial charge is 0.399 e. The van der Waals surface area contributed by atoms with Crippen LogP contribution in [0, 0.1) is 0 Å². The molecule has 2 aliphatic rings. The number of rotatable bonds is 2. The van der Waals surface area contributed by atoms with E-state index in [1.54, 1.807) is 0 Å². The van der Waals surface area contributed by atoms with Crippen molar-refractivity contribution >= 4 is 28.5 Å². The van der Waals surface area contributed by atoms with Gasteiger partial charge in [-0.3, -0.25) is 0 Å². The maximum atomic E-state index is 6.18. The molecule has 0 amide bonds. The van der Waals surface area contributed by atoms with E-state index in [2.05, 4.69) is 49.7 Å². The van der Waals surface area contributed by atoms with Crippen LogP contribution >= 0.6 is 15.9 Å². The van der Waals surface area contributed by atoms with Crippen LogP contribution in [0.2, 0.25) is 0 Å². The van der Waals surface area contributed by atoms with Crippen LogP contribution in [0.25, 0.3) is 0 Å². The molecule has 1 aliphatic carbocycles. The first kappa shape index (κ1) is 16.5. The second-order valence-corrected chi connectivity index (χ2v) is 8.38. The summed E-state index contributed by atoms with van der Waals surface area (Å²) < 4.78 is 13.2. The SMILES string of the molecule is CC1(C)OB(c2cc(Br)nc(C3CCCCC3)c2)OC1(C)C. The normalized spacial score (nSPS) is 24.7. The Kier molecular flexibility index (Phi) is 4.43. The van der Waals surface area contributed by atoms with Gasteiger partial charge in [0.15, 0.2) is 0 Å². The molecular weight excluding hydrogens is 341 g/mol. The highest BCUT2D eigenvalue weighted by Gasteiger charge is 2.51. The molecule has 5 heteroatoms. The summed E-state index contributed by atoms with van der Waals surface area (Å²) >= 11 is 3.56. The molecule has 1 saturated heterocycles. The molecule has 0 bridgehead atoms. The number of hydrogen-bond acceptors (Lipinski definition) is 3. The molecule has 0 spiro atoms. The molecule has 2 fully saturated rings. The molecule has 1 aromatic rings. The molecule has 0 unspecified atom stereocenters. The van der Waals surface area contributed by atoms with Gasteiger partial charge in [0.2, 0.25) is 0 Å². The predicted octanol–water partition coefficient (Wildman–Crippen LogP) is 4.19. The van der Waals surface area contributed by atoms with Gasteiger partial charge in [0.1, 0.15) is 4.60 Å². The highest BCUT2D eigenvalue weighted by molar-refractivity contribution is 9.10. The van der Waals surface area contributed by atoms with Crippen LogP contribution in [-0.2, 0) is 9.31 Å². The predicted molar refractivity (Wildman–Crippen MR) is 93.5 cm³/mol. The molecule has 1 aromatic heterocycles. The quantitative estimate of drug-likeness (QED) is 0.581. The summed E-state index contributed by atoms with van der Waals surface area (Å²) in [5.41, 5.74) is 1.64. The second kappa shape index (κ2) is 5.92. The van der Waals surface area contributed by atoms with E-state index in [1.165, 1.54) is 37.8 Å². The Labute approximate surface area is 142 Å². The third-order valence-electron chi connectivity index (χ3n) is 5.39. The Morgan fingerprint density at radius 3 is 2.23 bits per heavy atom. The summed E-state index contributed by atoms with van der Waals surface area (Å²) in [6.45, 7) is 8.35. The third kappa shape index (κ3) is 3.13. The number of hydrogen-bond donors (Lipinski definition) is 0. The topological polar surface area (TPSA) is 31.4 Å². The van der Waals surface area contributed by atoms with Gasteiger partial charge in [-0.2, -0.15) is 0 Å². The first-order valence-electron chi connectivity index (χ1n) is 8.31. The minimum Gasteiger partial charge on any atom is -0.399 e. The van der Waals surface area contributed by atoms with Gasteiger partial charge in [-0.15, -0.1) is 0 Å². The van der Waals surface area contributed by atoms with Gasteiger partial charge in [0.25, 0.3) is 0 Å². The molecule has 0 atom stereocenters. The largest absolute Gasteiger partial charge is 0.494 e. The fourth-order valence-corrected chi connectivity index (χ4v) is 3.73. The van der Waals surface area contributed by atoms with Gasteiger partial charge in [-0.25, -0.2) is 4.98 Å². The Morgan fingerprint density at radius 1 is 1.05 bits per heavy atom. The molecule has 120 valence electrons. The van der Waals surface area contributed by atoms with E-state index in [0.29, 0.717) is 5.92 Å². The summed E-state index contributed by atoms with van der Waals surface area (Å²) in [5, 5.41) is 0. The van der Waals surface area contributed by atoms with Gasteiger partial charge < -0.3 is 9.31 Å². The number of pyridine rings is 1. The van der Waals surface area contributed by atoms with Gasteiger partial charge in [0, 0.05) is 11.6 Å². The van der Waals surface area contributed by atoms with Gasteiger partial charge in [-0.05, 0) is 74.1 Å². The Hall–Kier alpha value is -0.385. The van der Waals surface area contributed by atoms with Crippen LogP contribution in [0.5, 0.6) is 0 Å². The van der Waals surface area contributed by atoms with Crippen molar-refractivity contribution in [1.82, 2.24) is 4.98 Å². The molecule has 0 aromatic carbocycles. The standard InChI is InChI=1S/C17H25BBrNO2/c1-16(2)17(3,4)22-18(21-16)13-10-14(20-15(19)11-13)12-8-6-5-7-9-12/h10-12H,5-9H2,1-4H3. The zero-order valence-electron chi connectivity index (χ0n) is 14.0. The van der Waals surface area contributed by atoms with Gasteiger partial charge >= 0.3 is 7.12 Å². The van der Waals surface area contributed by atoms with E-state index in [1.807, 2.05) is 6.07 Å². The van der Waals surface area contributed by atoms with Crippen LogP contribution in [0.3, 0.4) is 0 Å². The van der Waals surface area contributed by atoms with E-state index in [9.17, 15) is 0 Å². The molecule has 0 radical (unpaired) electrons. The highest BCUT2D eigenvalue weighted by atomic mass is 79.9. The van der Waals surface area contributed by atoms with Crippen LogP contribution < -0.4 is 5.46 Å². The molecule has 0 N–H and O–H groups in total. The Balaban J connectivity index is 1.87. The van der Waals surface area contributed by atoms with E-state index in [0.717, 1.165) is 10.1 Å². The van der Waals surface area contributed by atoms with Crippen molar-refractivity contribution < 1.29 is 9.31 Å². The maximum Gasteiger partial charge on any atom is 0.494 e. The van der Waals surface area contributed by atoms with Crippen molar-refractivity contribution in [3.63, 3.8) is 0 Å². The summed E-state index contributed by atoms with van der Waals surface area (Å²) in [4.78, 5) is 4.71. The van der Waals surface area contributed by atoms with Crippen molar-refractivity contribution in [2.45, 2.75) is 76.9 Å². The molecule has 1 aliphatic heterocycles. The Morgan fingerprint density at radius 2 is 1.64 bits per heavy atom. The minimum atomic E-state index is -0.313. The van der Waals surface area contributed by atoms with Crippen molar-refractivity contribution in [2.24, 2.45) is 0 Å². The fraction of sp³-hybridized carbons (Fsp3) is 0.706. The summed E-state index contributed by atoms with van der Waals surface area (Å²) in [6, 6.07) is 4.21. The first-order chi connectivity index (χ1) is 10.3. The lowest BCUT2D eigenvalue weighted by atomic mass is 9.77. The van der Waals surface area contributed by atoms with Crippen molar-refractivity contribution in [3.8, 4) is 0 Å². The number of aromatic nitrogens is 1. The lowest BCUT2D eigenvalue weighted by Crippen LogP contribution is -2.41. The molecule has 3 nitrogen and oxygen atoms in total. The molecule has 1 saturated carbocycles. The summed E-state index contributed by atoms with van der Waals surface area (Å²) in [6.07, 6.45) is 6.46. The van der Waals surface area contributed by atoms with Crippen molar-refractivity contribution in [2.75, 3.05) is 0 Å². The molecule has 2 heterocycles. The molecule has 3 rings (SSSR count). The van der Waals surface area contributed by atoms with Crippen LogP contribution in [-0.4, -0.2) is 23.3 Å². The van der Waals surface area contributed by atoms with Crippen molar-refractivity contribution in [3.05, 3.63) is 22.4 Å². The fourth-order valence-electron chi connectivity index (χ4n) is 3.26. The van der Waals surface area contributed by atoms with E-state index in [-0.39, 0.29) is 18.3 Å². The average molecular weight is 366 g/mol. The average Bonchev–Trinajstić information content (AvgIpc) is 2.68. The molecular formula is C17H25BBrNO2. The first-order valence-corrected chi connectivity index (χ1v) is 9.11. The van der Waals surface area contributed by atoms with Crippen LogP contribution in [0.1, 0.15) is 71.4 Å². The van der Waals surface area contributed by atoms with Gasteiger partial charge in [-0.1, -0.05) is 19.3 Å². The van der Waals surface area contributed by atoms with Crippen LogP contribution in [0.4, 0.5) is 0 Å². The third-order valence-corrected chi connectivity index (χ3v) is 5.79. The highest BCUT2D eigenvalue weighted by Crippen LogP contribution is 2.37. The van der Waals surface area contributed by atoms with E-state index >= 15 is 0 Å². The number of nitrogens with zero attached hydrogens (tertiary/aromatic N) is 1. The maximum absolute atomic E-state index is 6.18. The van der Waals surface area contributed by atoms with Gasteiger partial charge in [0.05, 0.1) is 11.2 Å². The summed E-state index contributed by atoms with van der Waals surface area (Å²) in [5.74, 6) is 0.576. The minimum absolute atomic E-state index is 0.307. The van der Waals surface area contributed by atoms with Crippen LogP contribution in [0.15, 0.2) is 16.7 Å². The zero-order chi connectivity index (χ0) is 16.0. The second-order valence-electron chi connectivity index (χ2n) is 7.57. The summed E-state index contributed by atoms with van der Waals surface area (Å²) in [7, 11) is -0.313. The van der Waals surface area contributed by atoms with E-state index in [4.69, 9.17) is 14.3 Å². The van der Waals surface area contributed by atoms with Crippen molar-refractivity contribution in [1.29, 1.82) is 0 Å². The lowest BCUT2D eigenvalue weighted by molar-refractivity contribution is 0.00578.